The van der Waals surface area contributed by atoms with E-state index in [1.165, 1.54) is 11.2 Å². The number of H-pyrrole nitrogens is 1. The summed E-state index contributed by atoms with van der Waals surface area (Å²) < 4.78 is 0. The fourth-order valence-electron chi connectivity index (χ4n) is 2.95. The number of aromatic amines is 1. The van der Waals surface area contributed by atoms with Crippen LogP contribution in [0.2, 0.25) is 0 Å². The molecular weight excluding hydrogens is 386 g/mol. The largest absolute Gasteiger partial charge is 0.465 e. The van der Waals surface area contributed by atoms with E-state index in [9.17, 15) is 19.8 Å². The van der Waals surface area contributed by atoms with Gasteiger partial charge in [0.1, 0.15) is 12.2 Å². The van der Waals surface area contributed by atoms with Crippen molar-refractivity contribution in [3.05, 3.63) is 77.9 Å². The molecule has 1 heterocycles. The predicted molar refractivity (Wildman–Crippen MR) is 110 cm³/mol. The molecule has 0 saturated carbocycles. The van der Waals surface area contributed by atoms with Crippen LogP contribution in [0.3, 0.4) is 0 Å². The number of carboxylic acid groups (broad SMARTS) is 1. The Hall–Kier alpha value is -3.72. The summed E-state index contributed by atoms with van der Waals surface area (Å²) in [6.07, 6.45) is -0.0407. The summed E-state index contributed by atoms with van der Waals surface area (Å²) in [6.45, 7) is 0.242. The minimum Gasteiger partial charge on any atom is -0.465 e. The fraction of sp³-hybridized carbons (Fsp3) is 0.238. The predicted octanol–water partition coefficient (Wildman–Crippen LogP) is 2.24. The molecule has 9 heteroatoms. The van der Waals surface area contributed by atoms with E-state index in [1.807, 2.05) is 18.2 Å². The first-order valence-corrected chi connectivity index (χ1v) is 9.45. The zero-order valence-electron chi connectivity index (χ0n) is 16.2. The van der Waals surface area contributed by atoms with Gasteiger partial charge in [-0.25, -0.2) is 9.78 Å². The van der Waals surface area contributed by atoms with Crippen LogP contribution in [0, 0.1) is 0 Å². The quantitative estimate of drug-likeness (QED) is 0.429. The lowest BCUT2D eigenvalue weighted by Crippen LogP contribution is -2.35. The summed E-state index contributed by atoms with van der Waals surface area (Å²) in [6, 6.07) is 16.2. The number of aromatic nitrogens is 3. The molecule has 4 N–H and O–H groups in total. The zero-order chi connectivity index (χ0) is 21.3. The number of nitrogens with zero attached hydrogens (tertiary/aromatic N) is 3. The van der Waals surface area contributed by atoms with Gasteiger partial charge in [-0.15, -0.1) is 0 Å². The third-order valence-electron chi connectivity index (χ3n) is 4.55. The number of aliphatic hydroxyl groups excluding tert-OH is 1. The third-order valence-corrected chi connectivity index (χ3v) is 4.55. The topological polar surface area (TPSA) is 131 Å². The smallest absolute Gasteiger partial charge is 0.407 e. The highest BCUT2D eigenvalue weighted by Gasteiger charge is 2.17. The molecule has 0 saturated heterocycles. The maximum absolute atomic E-state index is 12.0. The lowest BCUT2D eigenvalue weighted by atomic mass is 10.1. The van der Waals surface area contributed by atoms with E-state index in [4.69, 9.17) is 0 Å². The summed E-state index contributed by atoms with van der Waals surface area (Å²) in [4.78, 5) is 28.6. The van der Waals surface area contributed by atoms with Crippen LogP contribution in [-0.4, -0.2) is 55.4 Å². The van der Waals surface area contributed by atoms with Gasteiger partial charge in [-0.3, -0.25) is 9.89 Å². The Morgan fingerprint density at radius 1 is 1.10 bits per heavy atom. The average Bonchev–Trinajstić information content (AvgIpc) is 3.25. The second-order valence-electron chi connectivity index (χ2n) is 6.76. The number of anilines is 1. The molecule has 0 spiro atoms. The Morgan fingerprint density at radius 2 is 1.83 bits per heavy atom. The van der Waals surface area contributed by atoms with Crippen LogP contribution in [0.1, 0.15) is 23.1 Å². The van der Waals surface area contributed by atoms with Crippen molar-refractivity contribution in [2.45, 2.75) is 18.9 Å². The molecule has 0 aliphatic rings. The van der Waals surface area contributed by atoms with Crippen molar-refractivity contribution in [2.75, 3.05) is 18.4 Å². The second-order valence-corrected chi connectivity index (χ2v) is 6.76. The molecule has 0 unspecified atom stereocenters. The molecule has 2 aromatic carbocycles. The maximum Gasteiger partial charge on any atom is 0.407 e. The van der Waals surface area contributed by atoms with E-state index in [-0.39, 0.29) is 25.4 Å². The van der Waals surface area contributed by atoms with Gasteiger partial charge in [-0.1, -0.05) is 42.5 Å². The molecule has 30 heavy (non-hydrogen) atoms. The van der Waals surface area contributed by atoms with E-state index < -0.39 is 12.2 Å². The van der Waals surface area contributed by atoms with Crippen molar-refractivity contribution < 1.29 is 19.8 Å². The van der Waals surface area contributed by atoms with Crippen molar-refractivity contribution in [3.8, 4) is 0 Å². The minimum atomic E-state index is -1.08. The number of rotatable bonds is 9. The fourth-order valence-corrected chi connectivity index (χ4v) is 2.95. The Labute approximate surface area is 173 Å². The number of hydrogen-bond donors (Lipinski definition) is 4. The number of hydrogen-bond acceptors (Lipinski definition) is 5. The van der Waals surface area contributed by atoms with Gasteiger partial charge in [-0.05, 0) is 29.7 Å². The van der Waals surface area contributed by atoms with E-state index in [0.717, 1.165) is 5.56 Å². The van der Waals surface area contributed by atoms with Gasteiger partial charge in [-0.2, -0.15) is 5.10 Å². The van der Waals surface area contributed by atoms with Crippen molar-refractivity contribution in [3.63, 3.8) is 0 Å². The van der Waals surface area contributed by atoms with Crippen LogP contribution >= 0.6 is 0 Å². The van der Waals surface area contributed by atoms with E-state index in [2.05, 4.69) is 20.5 Å². The number of carbonyl (C=O) groups is 2. The number of benzene rings is 2. The van der Waals surface area contributed by atoms with Crippen LogP contribution in [0.4, 0.5) is 10.5 Å². The van der Waals surface area contributed by atoms with E-state index >= 15 is 0 Å². The lowest BCUT2D eigenvalue weighted by Gasteiger charge is -2.22. The lowest BCUT2D eigenvalue weighted by molar-refractivity contribution is -0.115. The van der Waals surface area contributed by atoms with Crippen LogP contribution in [-0.2, 0) is 17.6 Å². The zero-order valence-corrected chi connectivity index (χ0v) is 16.2. The van der Waals surface area contributed by atoms with Gasteiger partial charge >= 0.3 is 6.09 Å². The molecule has 0 aliphatic carbocycles. The van der Waals surface area contributed by atoms with Gasteiger partial charge in [0.2, 0.25) is 5.91 Å². The normalized spacial score (nSPS) is 11.6. The van der Waals surface area contributed by atoms with Crippen molar-refractivity contribution >= 4 is 17.7 Å². The molecular formula is C21H23N5O4. The van der Waals surface area contributed by atoms with Crippen molar-refractivity contribution in [1.29, 1.82) is 0 Å². The SMILES string of the molecule is O=C(Cc1ncn[nH]1)Nc1ccc(CCN(C[C@H](O)c2ccccc2)C(=O)O)cc1. The number of amides is 2. The molecule has 3 aromatic rings. The second kappa shape index (κ2) is 10.2. The Balaban J connectivity index is 1.51. The molecule has 3 rings (SSSR count). The highest BCUT2D eigenvalue weighted by Crippen LogP contribution is 2.15. The summed E-state index contributed by atoms with van der Waals surface area (Å²) >= 11 is 0. The monoisotopic (exact) mass is 409 g/mol. The van der Waals surface area contributed by atoms with Gasteiger partial charge in [0.15, 0.2) is 0 Å². The van der Waals surface area contributed by atoms with Crippen molar-refractivity contribution in [1.82, 2.24) is 20.1 Å². The van der Waals surface area contributed by atoms with Crippen molar-refractivity contribution in [2.24, 2.45) is 0 Å². The third kappa shape index (κ3) is 6.14. The number of carbonyl (C=O) groups excluding carboxylic acids is 1. The summed E-state index contributed by atoms with van der Waals surface area (Å²) in [5.41, 5.74) is 2.23. The van der Waals surface area contributed by atoms with Crippen LogP contribution in [0.25, 0.3) is 0 Å². The molecule has 2 amide bonds. The summed E-state index contributed by atoms with van der Waals surface area (Å²) in [7, 11) is 0. The first-order valence-electron chi connectivity index (χ1n) is 9.45. The Bertz CT molecular complexity index is 945. The van der Waals surface area contributed by atoms with Crippen LogP contribution < -0.4 is 5.32 Å². The van der Waals surface area contributed by atoms with Gasteiger partial charge < -0.3 is 20.4 Å². The molecule has 0 fully saturated rings. The van der Waals surface area contributed by atoms with E-state index in [1.54, 1.807) is 36.4 Å². The maximum atomic E-state index is 12.0. The number of nitrogens with one attached hydrogen (secondary N) is 2. The number of aliphatic hydroxyl groups is 1. The molecule has 0 aliphatic heterocycles. The molecule has 0 radical (unpaired) electrons. The first-order chi connectivity index (χ1) is 14.5. The first kappa shape index (κ1) is 21.0. The summed E-state index contributed by atoms with van der Waals surface area (Å²) in [5.74, 6) is 0.266. The summed E-state index contributed by atoms with van der Waals surface area (Å²) in [5, 5.41) is 28.8. The average molecular weight is 409 g/mol. The molecule has 1 atom stereocenters. The minimum absolute atomic E-state index is 0.00484. The highest BCUT2D eigenvalue weighted by atomic mass is 16.4. The molecule has 156 valence electrons. The highest BCUT2D eigenvalue weighted by molar-refractivity contribution is 5.91. The van der Waals surface area contributed by atoms with Crippen LogP contribution in [0.15, 0.2) is 60.9 Å². The van der Waals surface area contributed by atoms with Crippen LogP contribution in [0.5, 0.6) is 0 Å². The Kier molecular flexibility index (Phi) is 7.12. The Morgan fingerprint density at radius 3 is 2.47 bits per heavy atom. The van der Waals surface area contributed by atoms with E-state index in [0.29, 0.717) is 23.5 Å². The van der Waals surface area contributed by atoms with Gasteiger partial charge in [0.25, 0.3) is 0 Å². The molecule has 9 nitrogen and oxygen atoms in total. The van der Waals surface area contributed by atoms with Gasteiger partial charge in [0, 0.05) is 12.2 Å². The standard InChI is InChI=1S/C21H23N5O4/c27-18(16-4-2-1-3-5-16)13-26(21(29)30)11-10-15-6-8-17(9-7-15)24-20(28)12-19-22-14-23-25-19/h1-9,14,18,27H,10-13H2,(H,24,28)(H,29,30)(H,22,23,25)/t18-/m0/s1. The van der Waals surface area contributed by atoms with Gasteiger partial charge in [0.05, 0.1) is 19.1 Å². The molecule has 1 aromatic heterocycles. The molecule has 0 bridgehead atoms.